The number of hydrogen-bond acceptors (Lipinski definition) is 4. The summed E-state index contributed by atoms with van der Waals surface area (Å²) in [5.74, 6) is 2.06. The second-order valence-electron chi connectivity index (χ2n) is 7.31. The molecule has 27 heavy (non-hydrogen) atoms. The van der Waals surface area contributed by atoms with Crippen LogP contribution in [0, 0.1) is 0 Å². The van der Waals surface area contributed by atoms with E-state index in [1.165, 1.54) is 31.4 Å². The largest absolute Gasteiger partial charge is 0.497 e. The molecule has 0 saturated heterocycles. The van der Waals surface area contributed by atoms with Gasteiger partial charge in [0.1, 0.15) is 17.1 Å². The van der Waals surface area contributed by atoms with Gasteiger partial charge in [-0.2, -0.15) is 0 Å². The molecule has 136 valence electrons. The Kier molecular flexibility index (Phi) is 3.88. The average molecular weight is 393 g/mol. The van der Waals surface area contributed by atoms with Gasteiger partial charge in [-0.15, -0.1) is 11.3 Å². The molecule has 0 saturated carbocycles. The molecule has 0 bridgehead atoms. The predicted octanol–water partition coefficient (Wildman–Crippen LogP) is 6.58. The summed E-state index contributed by atoms with van der Waals surface area (Å²) in [5.41, 5.74) is 3.50. The monoisotopic (exact) mass is 392 g/mol. The van der Waals surface area contributed by atoms with E-state index in [9.17, 15) is 0 Å². The molecule has 2 aliphatic heterocycles. The summed E-state index contributed by atoms with van der Waals surface area (Å²) in [4.78, 5) is 3.94. The van der Waals surface area contributed by atoms with Crippen LogP contribution in [0.15, 0.2) is 70.4 Å². The zero-order valence-corrected chi connectivity index (χ0v) is 17.1. The second kappa shape index (κ2) is 6.18. The zero-order chi connectivity index (χ0) is 18.6. The third-order valence-electron chi connectivity index (χ3n) is 5.25. The van der Waals surface area contributed by atoms with Crippen molar-refractivity contribution in [3.8, 4) is 11.5 Å². The Bertz CT molecular complexity index is 1050. The first-order valence-electron chi connectivity index (χ1n) is 9.01. The number of rotatable bonds is 2. The fourth-order valence-corrected chi connectivity index (χ4v) is 6.37. The standard InChI is InChI=1S/C23H20O2S2/c1-23(2)21-20(18-9-6-12-26-18)16-11-10-14(24-3)13-19(16)27-22(21)15-7-4-5-8-17(15)25-23/h4-13,20H,1-3H3. The highest BCUT2D eigenvalue weighted by Gasteiger charge is 2.44. The minimum Gasteiger partial charge on any atom is -0.497 e. The highest BCUT2D eigenvalue weighted by atomic mass is 32.2. The lowest BCUT2D eigenvalue weighted by Crippen LogP contribution is -2.38. The number of thioether (sulfide) groups is 1. The van der Waals surface area contributed by atoms with Crippen molar-refractivity contribution in [3.63, 3.8) is 0 Å². The third-order valence-corrected chi connectivity index (χ3v) is 7.40. The molecule has 2 aliphatic rings. The molecule has 5 rings (SSSR count). The van der Waals surface area contributed by atoms with E-state index in [-0.39, 0.29) is 11.5 Å². The first-order valence-corrected chi connectivity index (χ1v) is 10.7. The predicted molar refractivity (Wildman–Crippen MR) is 113 cm³/mol. The van der Waals surface area contributed by atoms with E-state index in [1.54, 1.807) is 7.11 Å². The van der Waals surface area contributed by atoms with Crippen molar-refractivity contribution in [2.45, 2.75) is 30.3 Å². The minimum atomic E-state index is -0.372. The lowest BCUT2D eigenvalue weighted by atomic mass is 9.78. The van der Waals surface area contributed by atoms with Crippen LogP contribution < -0.4 is 9.47 Å². The molecule has 1 unspecified atom stereocenters. The number of thiophene rings is 1. The van der Waals surface area contributed by atoms with Gasteiger partial charge in [-0.25, -0.2) is 0 Å². The van der Waals surface area contributed by atoms with Gasteiger partial charge in [-0.1, -0.05) is 42.1 Å². The van der Waals surface area contributed by atoms with E-state index in [1.807, 2.05) is 29.2 Å². The van der Waals surface area contributed by atoms with E-state index in [4.69, 9.17) is 9.47 Å². The summed E-state index contributed by atoms with van der Waals surface area (Å²) in [6.45, 7) is 4.38. The molecule has 1 aromatic heterocycles. The number of benzene rings is 2. The maximum atomic E-state index is 6.49. The lowest BCUT2D eigenvalue weighted by Gasteiger charge is -2.43. The quantitative estimate of drug-likeness (QED) is 0.491. The summed E-state index contributed by atoms with van der Waals surface area (Å²) in [6.07, 6.45) is 0. The van der Waals surface area contributed by atoms with Crippen LogP contribution in [0.1, 0.15) is 35.8 Å². The molecule has 3 heterocycles. The first kappa shape index (κ1) is 17.0. The van der Waals surface area contributed by atoms with Crippen molar-refractivity contribution in [1.29, 1.82) is 0 Å². The van der Waals surface area contributed by atoms with Crippen molar-refractivity contribution in [2.75, 3.05) is 7.11 Å². The van der Waals surface area contributed by atoms with Gasteiger partial charge in [-0.05, 0) is 54.6 Å². The molecule has 0 fully saturated rings. The Balaban J connectivity index is 1.81. The number of hydrogen-bond donors (Lipinski definition) is 0. The Morgan fingerprint density at radius 2 is 1.89 bits per heavy atom. The summed E-state index contributed by atoms with van der Waals surface area (Å²) < 4.78 is 12.0. The van der Waals surface area contributed by atoms with Gasteiger partial charge >= 0.3 is 0 Å². The van der Waals surface area contributed by atoms with Crippen LogP contribution in [0.2, 0.25) is 0 Å². The summed E-state index contributed by atoms with van der Waals surface area (Å²) in [7, 11) is 1.73. The van der Waals surface area contributed by atoms with Gasteiger partial charge in [-0.3, -0.25) is 0 Å². The molecule has 3 aromatic rings. The normalized spacial score (nSPS) is 19.6. The minimum absolute atomic E-state index is 0.200. The topological polar surface area (TPSA) is 18.5 Å². The Labute approximate surface area is 167 Å². The van der Waals surface area contributed by atoms with E-state index in [2.05, 4.69) is 67.8 Å². The molecule has 1 atom stereocenters. The van der Waals surface area contributed by atoms with E-state index < -0.39 is 0 Å². The lowest BCUT2D eigenvalue weighted by molar-refractivity contribution is 0.139. The molecular weight excluding hydrogens is 372 g/mol. The van der Waals surface area contributed by atoms with Crippen LogP contribution >= 0.6 is 23.1 Å². The summed E-state index contributed by atoms with van der Waals surface area (Å²) in [5, 5.41) is 2.16. The second-order valence-corrected chi connectivity index (χ2v) is 9.34. The Hall–Kier alpha value is -2.17. The Morgan fingerprint density at radius 3 is 2.67 bits per heavy atom. The van der Waals surface area contributed by atoms with Crippen molar-refractivity contribution in [1.82, 2.24) is 0 Å². The zero-order valence-electron chi connectivity index (χ0n) is 15.5. The van der Waals surface area contributed by atoms with E-state index in [0.29, 0.717) is 0 Å². The Morgan fingerprint density at radius 1 is 1.04 bits per heavy atom. The maximum absolute atomic E-state index is 6.49. The molecule has 4 heteroatoms. The molecule has 0 spiro atoms. The van der Waals surface area contributed by atoms with Crippen molar-refractivity contribution < 1.29 is 9.47 Å². The third kappa shape index (κ3) is 2.62. The smallest absolute Gasteiger partial charge is 0.128 e. The van der Waals surface area contributed by atoms with Crippen LogP contribution in [-0.2, 0) is 0 Å². The average Bonchev–Trinajstić information content (AvgIpc) is 3.20. The van der Waals surface area contributed by atoms with E-state index >= 15 is 0 Å². The maximum Gasteiger partial charge on any atom is 0.128 e. The van der Waals surface area contributed by atoms with E-state index in [0.717, 1.165) is 11.5 Å². The van der Waals surface area contributed by atoms with Gasteiger partial charge in [0.25, 0.3) is 0 Å². The molecule has 2 aromatic carbocycles. The molecule has 0 aliphatic carbocycles. The number of methoxy groups -OCH3 is 1. The summed E-state index contributed by atoms with van der Waals surface area (Å²) in [6, 6.07) is 19.2. The van der Waals surface area contributed by atoms with Crippen molar-refractivity contribution in [3.05, 3.63) is 81.6 Å². The first-order chi connectivity index (χ1) is 13.1. The van der Waals surface area contributed by atoms with Crippen molar-refractivity contribution in [2.24, 2.45) is 0 Å². The number of ether oxygens (including phenoxy) is 2. The molecule has 2 nitrogen and oxygen atoms in total. The van der Waals surface area contributed by atoms with Crippen LogP contribution in [-0.4, -0.2) is 12.7 Å². The molecule has 0 amide bonds. The van der Waals surface area contributed by atoms with Crippen LogP contribution in [0.5, 0.6) is 11.5 Å². The van der Waals surface area contributed by atoms with Gasteiger partial charge in [0.2, 0.25) is 0 Å². The van der Waals surface area contributed by atoms with Crippen LogP contribution in [0.25, 0.3) is 4.91 Å². The van der Waals surface area contributed by atoms with Gasteiger partial charge in [0, 0.05) is 26.2 Å². The molecular formula is C23H20O2S2. The number of para-hydroxylation sites is 1. The van der Waals surface area contributed by atoms with Gasteiger partial charge in [0.15, 0.2) is 0 Å². The highest BCUT2D eigenvalue weighted by molar-refractivity contribution is 8.08. The van der Waals surface area contributed by atoms with Crippen LogP contribution in [0.3, 0.4) is 0 Å². The SMILES string of the molecule is COc1ccc2c(c1)SC1=C(C2c2cccs2)C(C)(C)Oc2ccccc21. The highest BCUT2D eigenvalue weighted by Crippen LogP contribution is 2.59. The van der Waals surface area contributed by atoms with Gasteiger partial charge < -0.3 is 9.47 Å². The molecule has 0 N–H and O–H groups in total. The fraction of sp³-hybridized carbons (Fsp3) is 0.217. The molecule has 0 radical (unpaired) electrons. The van der Waals surface area contributed by atoms with Gasteiger partial charge in [0.05, 0.1) is 7.11 Å². The summed E-state index contributed by atoms with van der Waals surface area (Å²) >= 11 is 3.65. The van der Waals surface area contributed by atoms with Crippen molar-refractivity contribution >= 4 is 28.0 Å². The van der Waals surface area contributed by atoms with Crippen LogP contribution in [0.4, 0.5) is 0 Å². The fourth-order valence-electron chi connectivity index (χ4n) is 4.07. The number of fused-ring (bicyclic) bond motifs is 3.